The molecule has 7 heteroatoms. The first-order valence-corrected chi connectivity index (χ1v) is 14.3. The van der Waals surface area contributed by atoms with Gasteiger partial charge in [-0.15, -0.1) is 11.3 Å². The zero-order valence-electron chi connectivity index (χ0n) is 19.6. The molecule has 1 fully saturated rings. The predicted octanol–water partition coefficient (Wildman–Crippen LogP) is 5.10. The zero-order chi connectivity index (χ0) is 24.0. The summed E-state index contributed by atoms with van der Waals surface area (Å²) in [6, 6.07) is 19.8. The van der Waals surface area contributed by atoms with E-state index in [9.17, 15) is 13.2 Å². The van der Waals surface area contributed by atoms with Gasteiger partial charge in [0.2, 0.25) is 0 Å². The molecule has 34 heavy (non-hydrogen) atoms. The van der Waals surface area contributed by atoms with Crippen LogP contribution in [-0.2, 0) is 22.1 Å². The molecule has 5 nitrogen and oxygen atoms in total. The number of nitrogens with zero attached hydrogens (tertiary/aromatic N) is 2. The quantitative estimate of drug-likeness (QED) is 0.414. The SMILES string of the molecule is CN(CCC1CCN(Cc2cccs2)CC1)C(=O)c1ccc(S(=O)(=O)Cc2ccccc2)cc1. The maximum Gasteiger partial charge on any atom is 0.253 e. The minimum absolute atomic E-state index is 0.0484. The molecule has 2 aromatic carbocycles. The average Bonchev–Trinajstić information content (AvgIpc) is 3.36. The topological polar surface area (TPSA) is 57.7 Å². The van der Waals surface area contributed by atoms with Gasteiger partial charge in [-0.25, -0.2) is 8.42 Å². The molecular weight excluding hydrogens is 464 g/mol. The number of sulfone groups is 1. The Morgan fingerprint density at radius 2 is 1.71 bits per heavy atom. The highest BCUT2D eigenvalue weighted by Crippen LogP contribution is 2.24. The Kier molecular flexibility index (Phi) is 8.19. The van der Waals surface area contributed by atoms with E-state index in [0.29, 0.717) is 18.0 Å². The summed E-state index contributed by atoms with van der Waals surface area (Å²) in [6.07, 6.45) is 3.33. The second kappa shape index (κ2) is 11.3. The van der Waals surface area contributed by atoms with Crippen molar-refractivity contribution in [1.29, 1.82) is 0 Å². The summed E-state index contributed by atoms with van der Waals surface area (Å²) in [5.74, 6) is 0.523. The number of likely N-dealkylation sites (tertiary alicyclic amines) is 1. The summed E-state index contributed by atoms with van der Waals surface area (Å²) in [5, 5.41) is 2.13. The van der Waals surface area contributed by atoms with Crippen molar-refractivity contribution >= 4 is 27.1 Å². The molecule has 0 unspecified atom stereocenters. The normalized spacial score (nSPS) is 15.3. The van der Waals surface area contributed by atoms with Crippen LogP contribution in [0.3, 0.4) is 0 Å². The van der Waals surface area contributed by atoms with Gasteiger partial charge in [0.15, 0.2) is 9.84 Å². The van der Waals surface area contributed by atoms with Crippen LogP contribution in [0.4, 0.5) is 0 Å². The van der Waals surface area contributed by atoms with Gasteiger partial charge >= 0.3 is 0 Å². The molecular formula is C27H32N2O3S2. The maximum atomic E-state index is 12.9. The number of rotatable bonds is 9. The van der Waals surface area contributed by atoms with Crippen LogP contribution in [0, 0.1) is 5.92 Å². The van der Waals surface area contributed by atoms with Gasteiger partial charge in [0.05, 0.1) is 10.6 Å². The summed E-state index contributed by atoms with van der Waals surface area (Å²) in [7, 11) is -1.62. The average molecular weight is 497 g/mol. The molecule has 3 aromatic rings. The number of piperidine rings is 1. The Morgan fingerprint density at radius 1 is 1.00 bits per heavy atom. The van der Waals surface area contributed by atoms with Gasteiger partial charge in [0, 0.05) is 30.6 Å². The molecule has 0 aliphatic carbocycles. The Labute approximate surface area is 207 Å². The lowest BCUT2D eigenvalue weighted by atomic mass is 9.93. The Hall–Kier alpha value is -2.48. The Balaban J connectivity index is 1.25. The molecule has 0 spiro atoms. The fourth-order valence-corrected chi connectivity index (χ4v) is 6.53. The first kappa shape index (κ1) is 24.6. The van der Waals surface area contributed by atoms with E-state index in [1.165, 1.54) is 17.7 Å². The maximum absolute atomic E-state index is 12.9. The molecule has 0 bridgehead atoms. The van der Waals surface area contributed by atoms with Crippen LogP contribution in [-0.4, -0.2) is 50.8 Å². The predicted molar refractivity (Wildman–Crippen MR) is 138 cm³/mol. The highest BCUT2D eigenvalue weighted by Gasteiger charge is 2.21. The second-order valence-corrected chi connectivity index (χ2v) is 12.1. The van der Waals surface area contributed by atoms with Gasteiger partial charge in [0.25, 0.3) is 5.91 Å². The smallest absolute Gasteiger partial charge is 0.253 e. The van der Waals surface area contributed by atoms with Crippen molar-refractivity contribution in [3.63, 3.8) is 0 Å². The fourth-order valence-electron chi connectivity index (χ4n) is 4.44. The van der Waals surface area contributed by atoms with Crippen LogP contribution in [0.15, 0.2) is 77.0 Å². The highest BCUT2D eigenvalue weighted by atomic mass is 32.2. The highest BCUT2D eigenvalue weighted by molar-refractivity contribution is 7.90. The van der Waals surface area contributed by atoms with Crippen LogP contribution < -0.4 is 0 Å². The van der Waals surface area contributed by atoms with Crippen molar-refractivity contribution in [2.45, 2.75) is 36.5 Å². The molecule has 0 N–H and O–H groups in total. The van der Waals surface area contributed by atoms with Crippen molar-refractivity contribution in [2.75, 3.05) is 26.7 Å². The molecule has 2 heterocycles. The van der Waals surface area contributed by atoms with Crippen LogP contribution >= 0.6 is 11.3 Å². The largest absolute Gasteiger partial charge is 0.342 e. The lowest BCUT2D eigenvalue weighted by Crippen LogP contribution is -2.35. The lowest BCUT2D eigenvalue weighted by molar-refractivity contribution is 0.0777. The van der Waals surface area contributed by atoms with Gasteiger partial charge < -0.3 is 4.90 Å². The summed E-state index contributed by atoms with van der Waals surface area (Å²) in [6.45, 7) is 3.97. The summed E-state index contributed by atoms with van der Waals surface area (Å²) in [5.41, 5.74) is 1.27. The molecule has 0 atom stereocenters. The van der Waals surface area contributed by atoms with E-state index in [1.54, 1.807) is 41.3 Å². The summed E-state index contributed by atoms with van der Waals surface area (Å²) < 4.78 is 25.4. The monoisotopic (exact) mass is 496 g/mol. The van der Waals surface area contributed by atoms with E-state index < -0.39 is 9.84 Å². The molecule has 4 rings (SSSR count). The summed E-state index contributed by atoms with van der Waals surface area (Å²) in [4.78, 5) is 18.8. The third-order valence-corrected chi connectivity index (χ3v) is 9.11. The number of hydrogen-bond donors (Lipinski definition) is 0. The Morgan fingerprint density at radius 3 is 2.35 bits per heavy atom. The number of carbonyl (C=O) groups excluding carboxylic acids is 1. The minimum Gasteiger partial charge on any atom is -0.342 e. The van der Waals surface area contributed by atoms with E-state index in [-0.39, 0.29) is 16.6 Å². The van der Waals surface area contributed by atoms with Crippen LogP contribution in [0.5, 0.6) is 0 Å². The van der Waals surface area contributed by atoms with Crippen LogP contribution in [0.1, 0.15) is 40.1 Å². The van der Waals surface area contributed by atoms with Crippen molar-refractivity contribution in [2.24, 2.45) is 5.92 Å². The number of benzene rings is 2. The van der Waals surface area contributed by atoms with E-state index in [0.717, 1.165) is 31.6 Å². The van der Waals surface area contributed by atoms with Crippen LogP contribution in [0.25, 0.3) is 0 Å². The van der Waals surface area contributed by atoms with Crippen LogP contribution in [0.2, 0.25) is 0 Å². The molecule has 0 saturated carbocycles. The molecule has 1 saturated heterocycles. The van der Waals surface area contributed by atoms with Crippen molar-refractivity contribution in [3.05, 3.63) is 88.1 Å². The number of carbonyl (C=O) groups is 1. The van der Waals surface area contributed by atoms with E-state index in [2.05, 4.69) is 22.4 Å². The summed E-state index contributed by atoms with van der Waals surface area (Å²) >= 11 is 1.82. The first-order chi connectivity index (χ1) is 16.4. The molecule has 1 aliphatic heterocycles. The number of thiophene rings is 1. The molecule has 0 radical (unpaired) electrons. The van der Waals surface area contributed by atoms with Gasteiger partial charge in [-0.3, -0.25) is 9.69 Å². The third kappa shape index (κ3) is 6.56. The van der Waals surface area contributed by atoms with Crippen molar-refractivity contribution < 1.29 is 13.2 Å². The second-order valence-electron chi connectivity index (χ2n) is 9.08. The van der Waals surface area contributed by atoms with Gasteiger partial charge in [-0.1, -0.05) is 36.4 Å². The van der Waals surface area contributed by atoms with E-state index in [1.807, 2.05) is 36.6 Å². The lowest BCUT2D eigenvalue weighted by Gasteiger charge is -2.32. The minimum atomic E-state index is -3.45. The standard InChI is InChI=1S/C27H32N2O3S2/c1-28(16-13-22-14-17-29(18-15-22)20-25-8-5-19-33-25)27(30)24-9-11-26(12-10-24)34(31,32)21-23-6-3-2-4-7-23/h2-12,19,22H,13-18,20-21H2,1H3. The first-order valence-electron chi connectivity index (χ1n) is 11.8. The van der Waals surface area contributed by atoms with Crippen molar-refractivity contribution in [1.82, 2.24) is 9.80 Å². The van der Waals surface area contributed by atoms with Gasteiger partial charge in [-0.05, 0) is 79.5 Å². The molecule has 1 amide bonds. The fraction of sp³-hybridized carbons (Fsp3) is 0.370. The van der Waals surface area contributed by atoms with E-state index >= 15 is 0 Å². The molecule has 180 valence electrons. The third-order valence-electron chi connectivity index (χ3n) is 6.55. The van der Waals surface area contributed by atoms with Gasteiger partial charge in [-0.2, -0.15) is 0 Å². The number of amides is 1. The van der Waals surface area contributed by atoms with Crippen molar-refractivity contribution in [3.8, 4) is 0 Å². The van der Waals surface area contributed by atoms with Gasteiger partial charge in [0.1, 0.15) is 0 Å². The Bertz CT molecular complexity index is 1150. The zero-order valence-corrected chi connectivity index (χ0v) is 21.2. The van der Waals surface area contributed by atoms with E-state index in [4.69, 9.17) is 0 Å². The molecule has 1 aliphatic rings. The number of hydrogen-bond acceptors (Lipinski definition) is 5. The molecule has 1 aromatic heterocycles.